The van der Waals surface area contributed by atoms with E-state index in [1.807, 2.05) is 0 Å². The molecule has 4 rings (SSSR count). The van der Waals surface area contributed by atoms with Crippen molar-refractivity contribution in [2.75, 3.05) is 31.5 Å². The van der Waals surface area contributed by atoms with Crippen LogP contribution in [-0.4, -0.2) is 64.1 Å². The van der Waals surface area contributed by atoms with Crippen LogP contribution in [0.2, 0.25) is 0 Å². The number of carbonyl (C=O) groups excluding carboxylic acids is 1. The van der Waals surface area contributed by atoms with Gasteiger partial charge in [-0.05, 0) is 74.8 Å². The zero-order valence-electron chi connectivity index (χ0n) is 18.3. The average molecular weight is 438 g/mol. The van der Waals surface area contributed by atoms with E-state index in [0.717, 1.165) is 56.8 Å². The lowest BCUT2D eigenvalue weighted by Gasteiger charge is -2.20. The number of nitrogens with one attached hydrogen (secondary N) is 2. The van der Waals surface area contributed by atoms with E-state index in [1.54, 1.807) is 12.1 Å². The molecule has 0 unspecified atom stereocenters. The molecule has 8 heteroatoms. The van der Waals surface area contributed by atoms with Gasteiger partial charge in [-0.3, -0.25) is 9.78 Å². The fourth-order valence-electron chi connectivity index (χ4n) is 4.53. The number of aryl methyl sites for hydroxylation is 2. The first-order valence-electron chi connectivity index (χ1n) is 11.5. The van der Waals surface area contributed by atoms with Gasteiger partial charge < -0.3 is 20.6 Å². The molecule has 2 aromatic rings. The van der Waals surface area contributed by atoms with Gasteiger partial charge in [0.05, 0.1) is 0 Å². The Morgan fingerprint density at radius 1 is 1.25 bits per heavy atom. The molecule has 2 aliphatic rings. The number of carbonyl (C=O) groups is 2. The molecule has 2 atom stereocenters. The minimum absolute atomic E-state index is 0.383. The number of aliphatic carboxylic acids is 1. The number of anilines is 1. The van der Waals surface area contributed by atoms with E-state index in [4.69, 9.17) is 4.98 Å². The van der Waals surface area contributed by atoms with Crippen molar-refractivity contribution in [1.82, 2.24) is 20.2 Å². The molecule has 3 N–H and O–H groups in total. The average Bonchev–Trinajstić information content (AvgIpc) is 3.28. The molecule has 4 heterocycles. The van der Waals surface area contributed by atoms with Crippen LogP contribution in [0.5, 0.6) is 0 Å². The lowest BCUT2D eigenvalue weighted by atomic mass is 10.00. The van der Waals surface area contributed by atoms with E-state index in [2.05, 4.69) is 32.7 Å². The second-order valence-corrected chi connectivity index (χ2v) is 8.72. The van der Waals surface area contributed by atoms with Crippen LogP contribution in [0.3, 0.4) is 0 Å². The number of likely N-dealkylation sites (tertiary alicyclic amines) is 1. The summed E-state index contributed by atoms with van der Waals surface area (Å²) < 4.78 is 0. The maximum Gasteiger partial charge on any atom is 0.326 e. The number of rotatable bonds is 9. The highest BCUT2D eigenvalue weighted by Crippen LogP contribution is 2.24. The number of fused-ring (bicyclic) bond motifs is 1. The third-order valence-corrected chi connectivity index (χ3v) is 6.41. The molecule has 0 radical (unpaired) electrons. The third-order valence-electron chi connectivity index (χ3n) is 6.41. The van der Waals surface area contributed by atoms with Crippen molar-refractivity contribution in [2.45, 2.75) is 44.6 Å². The lowest BCUT2D eigenvalue weighted by Crippen LogP contribution is -2.43. The molecule has 32 heavy (non-hydrogen) atoms. The summed E-state index contributed by atoms with van der Waals surface area (Å²) in [6, 6.07) is 6.61. The van der Waals surface area contributed by atoms with Crippen molar-refractivity contribution in [3.8, 4) is 0 Å². The normalized spacial score (nSPS) is 19.1. The molecule has 2 aromatic heterocycles. The zero-order chi connectivity index (χ0) is 22.3. The molecule has 0 spiro atoms. The number of hydrogen-bond acceptors (Lipinski definition) is 6. The Balaban J connectivity index is 1.22. The second kappa shape index (κ2) is 10.5. The van der Waals surface area contributed by atoms with Gasteiger partial charge >= 0.3 is 5.97 Å². The third kappa shape index (κ3) is 5.82. The first kappa shape index (κ1) is 22.2. The standard InChI is InChI=1S/C24H31N5O3/c30-23(19-7-12-25-13-8-19)28-21(24(31)32)10-15-29-14-9-17(16-29)3-5-20-6-4-18-2-1-11-26-22(18)27-20/h4,6-8,12-13,17,21H,1-3,5,9-11,14-16H2,(H,26,27)(H,28,30)(H,31,32)/t17-,21+/m0/s1. The Labute approximate surface area is 188 Å². The van der Waals surface area contributed by atoms with Crippen molar-refractivity contribution in [1.29, 1.82) is 0 Å². The van der Waals surface area contributed by atoms with Gasteiger partial charge in [-0.25, -0.2) is 9.78 Å². The highest BCUT2D eigenvalue weighted by Gasteiger charge is 2.26. The van der Waals surface area contributed by atoms with Gasteiger partial charge in [0.2, 0.25) is 0 Å². The minimum Gasteiger partial charge on any atom is -0.480 e. The summed E-state index contributed by atoms with van der Waals surface area (Å²) >= 11 is 0. The predicted octanol–water partition coefficient (Wildman–Crippen LogP) is 2.36. The summed E-state index contributed by atoms with van der Waals surface area (Å²) in [5.41, 5.74) is 2.87. The number of aromatic nitrogens is 2. The number of hydrogen-bond donors (Lipinski definition) is 3. The van der Waals surface area contributed by atoms with E-state index in [0.29, 0.717) is 24.4 Å². The van der Waals surface area contributed by atoms with Gasteiger partial charge in [0.15, 0.2) is 0 Å². The van der Waals surface area contributed by atoms with Crippen molar-refractivity contribution < 1.29 is 14.7 Å². The minimum atomic E-state index is -1.00. The van der Waals surface area contributed by atoms with Crippen molar-refractivity contribution in [3.05, 3.63) is 53.5 Å². The molecule has 0 saturated carbocycles. The number of amides is 1. The fourth-order valence-corrected chi connectivity index (χ4v) is 4.53. The van der Waals surface area contributed by atoms with Crippen LogP contribution >= 0.6 is 0 Å². The number of carboxylic acids is 1. The molecule has 0 aliphatic carbocycles. The van der Waals surface area contributed by atoms with E-state index in [1.165, 1.54) is 24.4 Å². The molecule has 1 amide bonds. The predicted molar refractivity (Wildman–Crippen MR) is 122 cm³/mol. The maximum absolute atomic E-state index is 12.3. The molecule has 2 aliphatic heterocycles. The van der Waals surface area contributed by atoms with Crippen molar-refractivity contribution in [2.24, 2.45) is 5.92 Å². The van der Waals surface area contributed by atoms with Crippen LogP contribution < -0.4 is 10.6 Å². The first-order chi connectivity index (χ1) is 15.6. The SMILES string of the molecule is O=C(N[C@H](CCN1CC[C@H](CCc2ccc3c(n2)NCCC3)C1)C(=O)O)c1ccncc1. The largest absolute Gasteiger partial charge is 0.480 e. The number of nitrogens with zero attached hydrogens (tertiary/aromatic N) is 3. The highest BCUT2D eigenvalue weighted by atomic mass is 16.4. The Morgan fingerprint density at radius 3 is 2.91 bits per heavy atom. The maximum atomic E-state index is 12.3. The van der Waals surface area contributed by atoms with Crippen molar-refractivity contribution >= 4 is 17.7 Å². The quantitative estimate of drug-likeness (QED) is 0.553. The van der Waals surface area contributed by atoms with E-state index in [9.17, 15) is 14.7 Å². The molecule has 1 saturated heterocycles. The van der Waals surface area contributed by atoms with Crippen LogP contribution in [0.25, 0.3) is 0 Å². The second-order valence-electron chi connectivity index (χ2n) is 8.72. The van der Waals surface area contributed by atoms with E-state index >= 15 is 0 Å². The molecule has 170 valence electrons. The summed E-state index contributed by atoms with van der Waals surface area (Å²) in [5.74, 6) is 0.257. The van der Waals surface area contributed by atoms with Gasteiger partial charge in [-0.2, -0.15) is 0 Å². The Morgan fingerprint density at radius 2 is 2.09 bits per heavy atom. The molecule has 1 fully saturated rings. The summed E-state index contributed by atoms with van der Waals surface area (Å²) in [4.78, 5) is 34.9. The lowest BCUT2D eigenvalue weighted by molar-refractivity contribution is -0.139. The van der Waals surface area contributed by atoms with Crippen LogP contribution in [-0.2, 0) is 17.6 Å². The topological polar surface area (TPSA) is 107 Å². The summed E-state index contributed by atoms with van der Waals surface area (Å²) in [5, 5.41) is 15.6. The van der Waals surface area contributed by atoms with Gasteiger partial charge in [-0.15, -0.1) is 0 Å². The molecular weight excluding hydrogens is 406 g/mol. The van der Waals surface area contributed by atoms with Crippen molar-refractivity contribution in [3.63, 3.8) is 0 Å². The molecule has 0 bridgehead atoms. The van der Waals surface area contributed by atoms with Crippen LogP contribution in [0.15, 0.2) is 36.7 Å². The monoisotopic (exact) mass is 437 g/mol. The first-order valence-corrected chi connectivity index (χ1v) is 11.5. The Bertz CT molecular complexity index is 936. The molecule has 8 nitrogen and oxygen atoms in total. The Kier molecular flexibility index (Phi) is 7.32. The van der Waals surface area contributed by atoms with E-state index < -0.39 is 12.0 Å². The smallest absolute Gasteiger partial charge is 0.326 e. The van der Waals surface area contributed by atoms with E-state index in [-0.39, 0.29) is 5.91 Å². The zero-order valence-corrected chi connectivity index (χ0v) is 18.3. The van der Waals surface area contributed by atoms with Crippen LogP contribution in [0.4, 0.5) is 5.82 Å². The van der Waals surface area contributed by atoms with Crippen LogP contribution in [0.1, 0.15) is 47.3 Å². The van der Waals surface area contributed by atoms with Gasteiger partial charge in [0.1, 0.15) is 11.9 Å². The Hall–Kier alpha value is -3.00. The molecular formula is C24H31N5O3. The summed E-state index contributed by atoms with van der Waals surface area (Å²) in [6.45, 7) is 3.59. The summed E-state index contributed by atoms with van der Waals surface area (Å²) in [6.07, 6.45) is 8.87. The van der Waals surface area contributed by atoms with Crippen LogP contribution in [0, 0.1) is 5.92 Å². The molecule has 0 aromatic carbocycles. The summed E-state index contributed by atoms with van der Waals surface area (Å²) in [7, 11) is 0. The van der Waals surface area contributed by atoms with Gasteiger partial charge in [0, 0.05) is 43.3 Å². The fraction of sp³-hybridized carbons (Fsp3) is 0.500. The van der Waals surface area contributed by atoms with Gasteiger partial charge in [0.25, 0.3) is 5.91 Å². The number of carboxylic acid groups (broad SMARTS) is 1. The number of pyridine rings is 2. The van der Waals surface area contributed by atoms with Gasteiger partial charge in [-0.1, -0.05) is 6.07 Å². The highest BCUT2D eigenvalue weighted by molar-refractivity contribution is 5.96.